The molecule has 0 aliphatic carbocycles. The van der Waals surface area contributed by atoms with E-state index in [1.54, 1.807) is 0 Å². The first-order chi connectivity index (χ1) is 12.0. The van der Waals surface area contributed by atoms with Crippen molar-refractivity contribution in [2.45, 2.75) is 46.1 Å². The highest BCUT2D eigenvalue weighted by molar-refractivity contribution is 5.93. The molecule has 0 radical (unpaired) electrons. The molecule has 3 rings (SSSR count). The van der Waals surface area contributed by atoms with Gasteiger partial charge >= 0.3 is 0 Å². The van der Waals surface area contributed by atoms with E-state index < -0.39 is 0 Å². The topological polar surface area (TPSA) is 71.8 Å². The van der Waals surface area contributed by atoms with E-state index in [1.165, 1.54) is 16.7 Å². The molecular formula is C19H27N5O. The molecule has 25 heavy (non-hydrogen) atoms. The molecule has 6 nitrogen and oxygen atoms in total. The summed E-state index contributed by atoms with van der Waals surface area (Å²) < 4.78 is 1.92. The molecule has 2 N–H and O–H groups in total. The third-order valence-corrected chi connectivity index (χ3v) is 4.78. The van der Waals surface area contributed by atoms with E-state index in [1.807, 2.05) is 11.6 Å². The third-order valence-electron chi connectivity index (χ3n) is 4.78. The number of aromatic nitrogens is 3. The van der Waals surface area contributed by atoms with E-state index in [0.717, 1.165) is 38.0 Å². The van der Waals surface area contributed by atoms with Crippen LogP contribution in [0.2, 0.25) is 0 Å². The molecule has 1 fully saturated rings. The molecule has 0 atom stereocenters. The second-order valence-electron chi connectivity index (χ2n) is 6.95. The summed E-state index contributed by atoms with van der Waals surface area (Å²) in [6.45, 7) is 8.69. The van der Waals surface area contributed by atoms with Gasteiger partial charge in [0.15, 0.2) is 5.69 Å². The van der Waals surface area contributed by atoms with E-state index in [0.29, 0.717) is 18.3 Å². The zero-order valence-corrected chi connectivity index (χ0v) is 15.3. The quantitative estimate of drug-likeness (QED) is 0.874. The molecule has 0 spiro atoms. The number of hydrogen-bond donors (Lipinski definition) is 2. The van der Waals surface area contributed by atoms with Crippen molar-refractivity contribution in [1.82, 2.24) is 25.6 Å². The summed E-state index contributed by atoms with van der Waals surface area (Å²) in [5.41, 5.74) is 5.05. The minimum Gasteiger partial charge on any atom is -0.350 e. The fourth-order valence-corrected chi connectivity index (χ4v) is 3.57. The van der Waals surface area contributed by atoms with Gasteiger partial charge in [0.1, 0.15) is 0 Å². The smallest absolute Gasteiger partial charge is 0.273 e. The highest BCUT2D eigenvalue weighted by Crippen LogP contribution is 2.20. The SMILES string of the molecule is Cc1cc(C)cc(CCNC(=O)c2nnn(C3CCNCC3)c2C)c1. The number of carbonyl (C=O) groups is 1. The Morgan fingerprint density at radius 3 is 2.56 bits per heavy atom. The summed E-state index contributed by atoms with van der Waals surface area (Å²) in [5, 5.41) is 14.7. The van der Waals surface area contributed by atoms with Gasteiger partial charge in [-0.15, -0.1) is 5.10 Å². The van der Waals surface area contributed by atoms with Crippen LogP contribution in [-0.4, -0.2) is 40.5 Å². The molecule has 1 amide bonds. The Bertz CT molecular complexity index is 726. The maximum absolute atomic E-state index is 12.4. The predicted octanol–water partition coefficient (Wildman–Crippen LogP) is 2.10. The fraction of sp³-hybridized carbons (Fsp3) is 0.526. The number of nitrogens with one attached hydrogen (secondary N) is 2. The maximum Gasteiger partial charge on any atom is 0.273 e. The van der Waals surface area contributed by atoms with Gasteiger partial charge in [0.05, 0.1) is 11.7 Å². The summed E-state index contributed by atoms with van der Waals surface area (Å²) in [6.07, 6.45) is 2.87. The average molecular weight is 341 g/mol. The second-order valence-corrected chi connectivity index (χ2v) is 6.95. The molecule has 134 valence electrons. The Balaban J connectivity index is 1.59. The normalized spacial score (nSPS) is 15.3. The number of nitrogens with zero attached hydrogens (tertiary/aromatic N) is 3. The molecule has 1 saturated heterocycles. The number of piperidine rings is 1. The highest BCUT2D eigenvalue weighted by atomic mass is 16.2. The van der Waals surface area contributed by atoms with E-state index in [-0.39, 0.29) is 5.91 Å². The lowest BCUT2D eigenvalue weighted by atomic mass is 10.1. The van der Waals surface area contributed by atoms with Gasteiger partial charge in [-0.2, -0.15) is 0 Å². The van der Waals surface area contributed by atoms with Crippen LogP contribution in [0.5, 0.6) is 0 Å². The number of amides is 1. The third kappa shape index (κ3) is 4.25. The first kappa shape index (κ1) is 17.6. The summed E-state index contributed by atoms with van der Waals surface area (Å²) in [4.78, 5) is 12.4. The average Bonchev–Trinajstić information content (AvgIpc) is 2.96. The zero-order chi connectivity index (χ0) is 17.8. The van der Waals surface area contributed by atoms with Crippen LogP contribution in [0.4, 0.5) is 0 Å². The summed E-state index contributed by atoms with van der Waals surface area (Å²) >= 11 is 0. The molecule has 1 aliphatic heterocycles. The van der Waals surface area contributed by atoms with Gasteiger partial charge in [0.25, 0.3) is 5.91 Å². The molecule has 2 aromatic rings. The number of benzene rings is 1. The van der Waals surface area contributed by atoms with Crippen LogP contribution in [0, 0.1) is 20.8 Å². The Morgan fingerprint density at radius 1 is 1.20 bits per heavy atom. The van der Waals surface area contributed by atoms with E-state index in [9.17, 15) is 4.79 Å². The van der Waals surface area contributed by atoms with Gasteiger partial charge in [-0.25, -0.2) is 4.68 Å². The van der Waals surface area contributed by atoms with Crippen LogP contribution < -0.4 is 10.6 Å². The second kappa shape index (κ2) is 7.78. The van der Waals surface area contributed by atoms with Gasteiger partial charge in [-0.3, -0.25) is 4.79 Å². The Kier molecular flexibility index (Phi) is 5.48. The van der Waals surface area contributed by atoms with Crippen molar-refractivity contribution in [3.8, 4) is 0 Å². The standard InChI is InChI=1S/C19H27N5O/c1-13-10-14(2)12-16(11-13)4-9-21-19(25)18-15(3)24(23-22-18)17-5-7-20-8-6-17/h10-12,17,20H,4-9H2,1-3H3,(H,21,25). The van der Waals surface area contributed by atoms with Crippen LogP contribution in [0.25, 0.3) is 0 Å². The van der Waals surface area contributed by atoms with Crippen molar-refractivity contribution < 1.29 is 4.79 Å². The molecule has 2 heterocycles. The molecule has 0 unspecified atom stereocenters. The molecule has 0 bridgehead atoms. The van der Waals surface area contributed by atoms with Crippen molar-refractivity contribution >= 4 is 5.91 Å². The molecule has 1 aliphatic rings. The van der Waals surface area contributed by atoms with Gasteiger partial charge in [-0.1, -0.05) is 34.5 Å². The lowest BCUT2D eigenvalue weighted by Crippen LogP contribution is -2.30. The molecule has 0 saturated carbocycles. The number of hydrogen-bond acceptors (Lipinski definition) is 4. The van der Waals surface area contributed by atoms with Crippen LogP contribution >= 0.6 is 0 Å². The molecule has 1 aromatic heterocycles. The summed E-state index contributed by atoms with van der Waals surface area (Å²) in [7, 11) is 0. The Morgan fingerprint density at radius 2 is 1.88 bits per heavy atom. The monoisotopic (exact) mass is 341 g/mol. The molecule has 6 heteroatoms. The van der Waals surface area contributed by atoms with Crippen molar-refractivity contribution in [2.24, 2.45) is 0 Å². The minimum absolute atomic E-state index is 0.137. The van der Waals surface area contributed by atoms with Crippen LogP contribution in [-0.2, 0) is 6.42 Å². The number of rotatable bonds is 5. The lowest BCUT2D eigenvalue weighted by molar-refractivity contribution is 0.0948. The highest BCUT2D eigenvalue weighted by Gasteiger charge is 2.22. The van der Waals surface area contributed by atoms with Gasteiger partial charge < -0.3 is 10.6 Å². The molecular weight excluding hydrogens is 314 g/mol. The number of carbonyl (C=O) groups excluding carboxylic acids is 1. The largest absolute Gasteiger partial charge is 0.350 e. The first-order valence-electron chi connectivity index (χ1n) is 9.02. The molecule has 1 aromatic carbocycles. The van der Waals surface area contributed by atoms with Gasteiger partial charge in [0, 0.05) is 6.54 Å². The first-order valence-corrected chi connectivity index (χ1v) is 9.02. The van der Waals surface area contributed by atoms with E-state index in [4.69, 9.17) is 0 Å². The van der Waals surface area contributed by atoms with E-state index in [2.05, 4.69) is 53.0 Å². The van der Waals surface area contributed by atoms with Crippen molar-refractivity contribution in [1.29, 1.82) is 0 Å². The van der Waals surface area contributed by atoms with Crippen LogP contribution in [0.1, 0.15) is 51.8 Å². The minimum atomic E-state index is -0.137. The Labute approximate surface area is 149 Å². The number of aryl methyl sites for hydroxylation is 2. The maximum atomic E-state index is 12.4. The van der Waals surface area contributed by atoms with Crippen LogP contribution in [0.15, 0.2) is 18.2 Å². The van der Waals surface area contributed by atoms with Gasteiger partial charge in [0.2, 0.25) is 0 Å². The predicted molar refractivity (Wildman–Crippen MR) is 97.9 cm³/mol. The Hall–Kier alpha value is -2.21. The lowest BCUT2D eigenvalue weighted by Gasteiger charge is -2.23. The van der Waals surface area contributed by atoms with Crippen molar-refractivity contribution in [3.63, 3.8) is 0 Å². The van der Waals surface area contributed by atoms with Gasteiger partial charge in [-0.05, 0) is 58.7 Å². The summed E-state index contributed by atoms with van der Waals surface area (Å²) in [6, 6.07) is 6.82. The zero-order valence-electron chi connectivity index (χ0n) is 15.3. The van der Waals surface area contributed by atoms with E-state index >= 15 is 0 Å². The van der Waals surface area contributed by atoms with Crippen molar-refractivity contribution in [3.05, 3.63) is 46.3 Å². The summed E-state index contributed by atoms with van der Waals surface area (Å²) in [5.74, 6) is -0.137. The fourth-order valence-electron chi connectivity index (χ4n) is 3.57. The van der Waals surface area contributed by atoms with Crippen molar-refractivity contribution in [2.75, 3.05) is 19.6 Å². The van der Waals surface area contributed by atoms with Crippen LogP contribution in [0.3, 0.4) is 0 Å².